The van der Waals surface area contributed by atoms with E-state index in [1.165, 1.54) is 0 Å². The van der Waals surface area contributed by atoms with Gasteiger partial charge in [0.15, 0.2) is 11.6 Å². The molecule has 4 rings (SSSR count). The van der Waals surface area contributed by atoms with Crippen LogP contribution >= 0.6 is 0 Å². The molecule has 3 aromatic carbocycles. The number of benzene rings is 3. The zero-order valence-electron chi connectivity index (χ0n) is 23.6. The number of aromatic nitrogens is 2. The van der Waals surface area contributed by atoms with Crippen molar-refractivity contribution in [1.82, 2.24) is 9.97 Å². The van der Waals surface area contributed by atoms with E-state index in [0.717, 1.165) is 67.2 Å². The van der Waals surface area contributed by atoms with Crippen LogP contribution in [0.15, 0.2) is 95.1 Å². The van der Waals surface area contributed by atoms with Crippen molar-refractivity contribution >= 4 is 35.7 Å². The van der Waals surface area contributed by atoms with Crippen molar-refractivity contribution in [2.75, 3.05) is 29.4 Å². The smallest absolute Gasteiger partial charge is 0.231 e. The van der Waals surface area contributed by atoms with Crippen LogP contribution in [0.1, 0.15) is 50.7 Å². The van der Waals surface area contributed by atoms with Crippen LogP contribution in [0.3, 0.4) is 0 Å². The number of nitrogens with zero attached hydrogens (tertiary/aromatic N) is 4. The maximum atomic E-state index is 5.73. The lowest BCUT2D eigenvalue weighted by molar-refractivity contribution is 0.309. The van der Waals surface area contributed by atoms with Gasteiger partial charge >= 0.3 is 0 Å². The first-order valence-corrected chi connectivity index (χ1v) is 14.0. The summed E-state index contributed by atoms with van der Waals surface area (Å²) in [7, 11) is 0. The zero-order chi connectivity index (χ0) is 28.5. The zero-order valence-corrected chi connectivity index (χ0v) is 23.6. The van der Waals surface area contributed by atoms with Gasteiger partial charge in [0.05, 0.1) is 25.6 Å². The van der Waals surface area contributed by atoms with Crippen molar-refractivity contribution < 1.29 is 9.47 Å². The Bertz CT molecular complexity index is 1290. The van der Waals surface area contributed by atoms with E-state index in [-0.39, 0.29) is 0 Å². The Morgan fingerprint density at radius 3 is 1.61 bits per heavy atom. The van der Waals surface area contributed by atoms with Crippen LogP contribution in [0, 0.1) is 0 Å². The molecule has 212 valence electrons. The van der Waals surface area contributed by atoms with Gasteiger partial charge < -0.3 is 14.8 Å². The summed E-state index contributed by atoms with van der Waals surface area (Å²) in [6, 6.07) is 27.1. The summed E-state index contributed by atoms with van der Waals surface area (Å²) in [5.41, 5.74) is 8.72. The summed E-state index contributed by atoms with van der Waals surface area (Å²) in [6.07, 6.45) is 7.74. The fourth-order valence-electron chi connectivity index (χ4n) is 3.58. The quantitative estimate of drug-likeness (QED) is 0.0753. The van der Waals surface area contributed by atoms with Crippen molar-refractivity contribution in [3.8, 4) is 11.5 Å². The number of nitrogens with one attached hydrogen (secondary N) is 3. The molecule has 9 nitrogen and oxygen atoms in total. The van der Waals surface area contributed by atoms with Crippen LogP contribution in [0.5, 0.6) is 11.5 Å². The third-order valence-electron chi connectivity index (χ3n) is 5.83. The molecule has 41 heavy (non-hydrogen) atoms. The van der Waals surface area contributed by atoms with Crippen molar-refractivity contribution in [3.05, 3.63) is 96.1 Å². The summed E-state index contributed by atoms with van der Waals surface area (Å²) in [5, 5.41) is 11.9. The van der Waals surface area contributed by atoms with E-state index in [4.69, 9.17) is 9.47 Å². The molecule has 0 atom stereocenters. The molecule has 0 saturated carbocycles. The molecule has 0 fully saturated rings. The third-order valence-corrected chi connectivity index (χ3v) is 5.83. The number of hydrazone groups is 2. The van der Waals surface area contributed by atoms with E-state index >= 15 is 0 Å². The molecule has 1 aromatic heterocycles. The van der Waals surface area contributed by atoms with E-state index in [9.17, 15) is 0 Å². The molecule has 4 aromatic rings. The average Bonchev–Trinajstić information content (AvgIpc) is 2.99. The standard InChI is InChI=1S/C32H37N7O2/c1-3-5-20-40-28-16-12-25(13-17-28)23-33-38-30-22-31(37-32(36-30)35-27-10-8-7-9-11-27)39-34-24-26-14-18-29(19-15-26)41-21-6-4-2/h7-19,22-24H,3-6,20-21H2,1-2H3,(H3,35,36,37,38,39). The van der Waals surface area contributed by atoms with Gasteiger partial charge in [0, 0.05) is 11.8 Å². The van der Waals surface area contributed by atoms with E-state index in [1.807, 2.05) is 78.9 Å². The Hall–Kier alpha value is -4.92. The molecular weight excluding hydrogens is 514 g/mol. The van der Waals surface area contributed by atoms with Crippen LogP contribution in [-0.4, -0.2) is 35.6 Å². The predicted octanol–water partition coefficient (Wildman–Crippen LogP) is 7.47. The minimum absolute atomic E-state index is 0.399. The van der Waals surface area contributed by atoms with Crippen molar-refractivity contribution in [3.63, 3.8) is 0 Å². The molecule has 0 radical (unpaired) electrons. The molecule has 0 aliphatic carbocycles. The monoisotopic (exact) mass is 551 g/mol. The van der Waals surface area contributed by atoms with Crippen LogP contribution in [0.25, 0.3) is 0 Å². The third kappa shape index (κ3) is 10.3. The molecule has 0 spiro atoms. The summed E-state index contributed by atoms with van der Waals surface area (Å²) in [4.78, 5) is 9.10. The van der Waals surface area contributed by atoms with Gasteiger partial charge in [-0.3, -0.25) is 10.9 Å². The number of para-hydroxylation sites is 1. The highest BCUT2D eigenvalue weighted by Gasteiger charge is 2.05. The minimum atomic E-state index is 0.399. The van der Waals surface area contributed by atoms with Gasteiger partial charge in [-0.2, -0.15) is 20.2 Å². The number of hydrogen-bond acceptors (Lipinski definition) is 9. The minimum Gasteiger partial charge on any atom is -0.494 e. The Balaban J connectivity index is 1.41. The Labute approximate surface area is 241 Å². The highest BCUT2D eigenvalue weighted by atomic mass is 16.5. The van der Waals surface area contributed by atoms with Crippen molar-refractivity contribution in [1.29, 1.82) is 0 Å². The molecule has 1 heterocycles. The number of rotatable bonds is 16. The van der Waals surface area contributed by atoms with Gasteiger partial charge in [-0.25, -0.2) is 0 Å². The van der Waals surface area contributed by atoms with Crippen LogP contribution in [0.4, 0.5) is 23.3 Å². The predicted molar refractivity (Wildman–Crippen MR) is 168 cm³/mol. The molecule has 0 aliphatic rings. The molecule has 0 amide bonds. The topological polar surface area (TPSA) is 105 Å². The fraction of sp³-hybridized carbons (Fsp3) is 0.250. The normalized spacial score (nSPS) is 11.1. The Kier molecular flexibility index (Phi) is 11.5. The van der Waals surface area contributed by atoms with Gasteiger partial charge in [-0.15, -0.1) is 0 Å². The first kappa shape index (κ1) is 29.1. The van der Waals surface area contributed by atoms with Crippen molar-refractivity contribution in [2.24, 2.45) is 10.2 Å². The molecule has 0 saturated heterocycles. The van der Waals surface area contributed by atoms with E-state index < -0.39 is 0 Å². The van der Waals surface area contributed by atoms with Gasteiger partial charge in [0.2, 0.25) is 5.95 Å². The maximum Gasteiger partial charge on any atom is 0.231 e. The van der Waals surface area contributed by atoms with Crippen LogP contribution in [0.2, 0.25) is 0 Å². The van der Waals surface area contributed by atoms with Gasteiger partial charge in [-0.1, -0.05) is 44.9 Å². The lowest BCUT2D eigenvalue weighted by Gasteiger charge is -2.09. The highest BCUT2D eigenvalue weighted by Crippen LogP contribution is 2.19. The van der Waals surface area contributed by atoms with Gasteiger partial charge in [-0.05, 0) is 84.6 Å². The van der Waals surface area contributed by atoms with Crippen LogP contribution in [-0.2, 0) is 0 Å². The van der Waals surface area contributed by atoms with E-state index in [0.29, 0.717) is 17.6 Å². The summed E-state index contributed by atoms with van der Waals surface area (Å²) >= 11 is 0. The van der Waals surface area contributed by atoms with Crippen molar-refractivity contribution in [2.45, 2.75) is 39.5 Å². The second-order valence-corrected chi connectivity index (χ2v) is 9.24. The molecule has 9 heteroatoms. The second-order valence-electron chi connectivity index (χ2n) is 9.24. The largest absolute Gasteiger partial charge is 0.494 e. The number of anilines is 4. The Morgan fingerprint density at radius 1 is 0.659 bits per heavy atom. The average molecular weight is 552 g/mol. The lowest BCUT2D eigenvalue weighted by Crippen LogP contribution is -2.04. The number of hydrogen-bond donors (Lipinski definition) is 3. The molecular formula is C32H37N7O2. The molecule has 3 N–H and O–H groups in total. The number of ether oxygens (including phenoxy) is 2. The SMILES string of the molecule is CCCCOc1ccc(C=NNc2cc(NN=Cc3ccc(OCCCC)cc3)nc(Nc3ccccc3)n2)cc1. The van der Waals surface area contributed by atoms with E-state index in [2.05, 4.69) is 50.2 Å². The van der Waals surface area contributed by atoms with E-state index in [1.54, 1.807) is 18.5 Å². The summed E-state index contributed by atoms with van der Waals surface area (Å²) in [5.74, 6) is 3.10. The molecule has 0 bridgehead atoms. The van der Waals surface area contributed by atoms with Gasteiger partial charge in [0.25, 0.3) is 0 Å². The summed E-state index contributed by atoms with van der Waals surface area (Å²) in [6.45, 7) is 5.73. The maximum absolute atomic E-state index is 5.73. The second kappa shape index (κ2) is 16.2. The highest BCUT2D eigenvalue weighted by molar-refractivity contribution is 5.81. The fourth-order valence-corrected chi connectivity index (χ4v) is 3.58. The molecule has 0 unspecified atom stereocenters. The lowest BCUT2D eigenvalue weighted by atomic mass is 10.2. The Morgan fingerprint density at radius 2 is 1.15 bits per heavy atom. The van der Waals surface area contributed by atoms with Crippen LogP contribution < -0.4 is 25.6 Å². The number of unbranched alkanes of at least 4 members (excludes halogenated alkanes) is 2. The summed E-state index contributed by atoms with van der Waals surface area (Å²) < 4.78 is 11.5. The van der Waals surface area contributed by atoms with Gasteiger partial charge in [0.1, 0.15) is 11.5 Å². The first-order valence-electron chi connectivity index (χ1n) is 14.0. The first-order chi connectivity index (χ1) is 20.2. The molecule has 0 aliphatic heterocycles.